The van der Waals surface area contributed by atoms with Gasteiger partial charge in [-0.2, -0.15) is 5.10 Å². The Morgan fingerprint density at radius 1 is 1.32 bits per heavy atom. The summed E-state index contributed by atoms with van der Waals surface area (Å²) in [5, 5.41) is 7.38. The molecule has 0 bridgehead atoms. The van der Waals surface area contributed by atoms with Crippen LogP contribution >= 0.6 is 24.0 Å². The maximum atomic E-state index is 12.8. The molecule has 3 N–H and O–H groups in total. The summed E-state index contributed by atoms with van der Waals surface area (Å²) < 4.78 is 1.77. The van der Waals surface area contributed by atoms with Gasteiger partial charge in [-0.1, -0.05) is 18.2 Å². The summed E-state index contributed by atoms with van der Waals surface area (Å²) in [6.45, 7) is 6.66. The fourth-order valence-electron chi connectivity index (χ4n) is 3.69. The van der Waals surface area contributed by atoms with E-state index >= 15 is 0 Å². The van der Waals surface area contributed by atoms with Gasteiger partial charge in [-0.3, -0.25) is 14.5 Å². The number of likely N-dealkylation sites (tertiary alicyclic amines) is 1. The Labute approximate surface area is 183 Å². The molecule has 1 fully saturated rings. The van der Waals surface area contributed by atoms with E-state index in [-0.39, 0.29) is 47.4 Å². The van der Waals surface area contributed by atoms with Crippen LogP contribution in [0.15, 0.2) is 47.7 Å². The smallest absolute Gasteiger partial charge is 0.223 e. The molecular formula is C20H29IN6O. The van der Waals surface area contributed by atoms with Crippen LogP contribution < -0.4 is 11.1 Å². The number of aryl methyl sites for hydroxylation is 1. The summed E-state index contributed by atoms with van der Waals surface area (Å²) in [4.78, 5) is 19.2. The van der Waals surface area contributed by atoms with Crippen LogP contribution in [0.1, 0.15) is 38.8 Å². The van der Waals surface area contributed by atoms with Gasteiger partial charge in [0.15, 0.2) is 5.96 Å². The number of guanidine groups is 1. The minimum absolute atomic E-state index is 0. The number of nitrogens with zero attached hydrogens (tertiary/aromatic N) is 4. The maximum Gasteiger partial charge on any atom is 0.223 e. The number of aromatic nitrogens is 2. The molecule has 0 aliphatic carbocycles. The Morgan fingerprint density at radius 3 is 2.57 bits per heavy atom. The number of anilines is 1. The minimum Gasteiger partial charge on any atom is -0.370 e. The molecule has 7 nitrogen and oxygen atoms in total. The Morgan fingerprint density at radius 2 is 2.00 bits per heavy atom. The van der Waals surface area contributed by atoms with Crippen LogP contribution in [0.2, 0.25) is 0 Å². The minimum atomic E-state index is -0.274. The lowest BCUT2D eigenvalue weighted by molar-refractivity contribution is -0.133. The highest BCUT2D eigenvalue weighted by Crippen LogP contribution is 2.42. The first-order valence-electron chi connectivity index (χ1n) is 9.18. The molecule has 3 rings (SSSR count). The van der Waals surface area contributed by atoms with Crippen molar-refractivity contribution in [2.45, 2.75) is 38.8 Å². The molecule has 0 unspecified atom stereocenters. The summed E-state index contributed by atoms with van der Waals surface area (Å²) in [6.07, 6.45) is 4.27. The highest BCUT2D eigenvalue weighted by Gasteiger charge is 2.45. The molecule has 2 aromatic rings. The third-order valence-corrected chi connectivity index (χ3v) is 4.76. The van der Waals surface area contributed by atoms with Crippen LogP contribution in [0.25, 0.3) is 0 Å². The number of hydrogen-bond acceptors (Lipinski definition) is 3. The highest BCUT2D eigenvalue weighted by molar-refractivity contribution is 14.0. The van der Waals surface area contributed by atoms with Crippen molar-refractivity contribution < 1.29 is 4.79 Å². The van der Waals surface area contributed by atoms with Crippen molar-refractivity contribution in [2.24, 2.45) is 23.7 Å². The van der Waals surface area contributed by atoms with Gasteiger partial charge < -0.3 is 16.0 Å². The topological polar surface area (TPSA) is 88.5 Å². The largest absolute Gasteiger partial charge is 0.370 e. The zero-order chi connectivity index (χ0) is 19.6. The van der Waals surface area contributed by atoms with Crippen molar-refractivity contribution in [3.8, 4) is 0 Å². The molecule has 152 valence electrons. The van der Waals surface area contributed by atoms with Gasteiger partial charge in [0.25, 0.3) is 0 Å². The predicted molar refractivity (Wildman–Crippen MR) is 123 cm³/mol. The SMILES string of the molecule is Cn1cc([C@H]2[C@H](CN=C(N)Nc3ccccc3)CC(=O)N2C(C)(C)C)cn1.I. The molecule has 1 aromatic carbocycles. The van der Waals surface area contributed by atoms with E-state index in [2.05, 4.69) is 36.2 Å². The van der Waals surface area contributed by atoms with Crippen molar-refractivity contribution in [2.75, 3.05) is 11.9 Å². The molecule has 1 saturated heterocycles. The molecule has 8 heteroatoms. The van der Waals surface area contributed by atoms with Crippen LogP contribution in [0.5, 0.6) is 0 Å². The number of benzene rings is 1. The Bertz CT molecular complexity index is 827. The number of carbonyl (C=O) groups is 1. The number of nitrogens with one attached hydrogen (secondary N) is 1. The fraction of sp³-hybridized carbons (Fsp3) is 0.450. The zero-order valence-corrected chi connectivity index (χ0v) is 19.1. The number of aliphatic imine (C=N–C) groups is 1. The van der Waals surface area contributed by atoms with Gasteiger partial charge in [-0.25, -0.2) is 0 Å². The van der Waals surface area contributed by atoms with Gasteiger partial charge in [0.1, 0.15) is 0 Å². The van der Waals surface area contributed by atoms with E-state index < -0.39 is 0 Å². The van der Waals surface area contributed by atoms with Gasteiger partial charge in [0, 0.05) is 48.9 Å². The molecular weight excluding hydrogens is 467 g/mol. The standard InChI is InChI=1S/C20H28N6O.HI/c1-20(2,3)26-17(27)10-14(18(26)15-12-23-25(4)13-15)11-22-19(21)24-16-8-6-5-7-9-16;/h5-9,12-14,18H,10-11H2,1-4H3,(H3,21,22,24);1H/t14-,18+;/m0./s1. The first-order valence-corrected chi connectivity index (χ1v) is 9.18. The summed E-state index contributed by atoms with van der Waals surface area (Å²) in [5.74, 6) is 0.552. The van der Waals surface area contributed by atoms with Crippen LogP contribution in [0.3, 0.4) is 0 Å². The summed E-state index contributed by atoms with van der Waals surface area (Å²) >= 11 is 0. The molecule has 0 radical (unpaired) electrons. The lowest BCUT2D eigenvalue weighted by Crippen LogP contribution is -2.44. The van der Waals surface area contributed by atoms with E-state index in [0.717, 1.165) is 11.3 Å². The second-order valence-electron chi connectivity index (χ2n) is 8.01. The second-order valence-corrected chi connectivity index (χ2v) is 8.01. The average Bonchev–Trinajstić information content (AvgIpc) is 3.16. The lowest BCUT2D eigenvalue weighted by atomic mass is 9.93. The monoisotopic (exact) mass is 496 g/mol. The molecule has 2 heterocycles. The van der Waals surface area contributed by atoms with Gasteiger partial charge in [-0.05, 0) is 32.9 Å². The van der Waals surface area contributed by atoms with Crippen molar-refractivity contribution >= 4 is 41.5 Å². The number of carbonyl (C=O) groups excluding carboxylic acids is 1. The number of hydrogen-bond donors (Lipinski definition) is 2. The Balaban J connectivity index is 0.00000280. The number of para-hydroxylation sites is 1. The molecule has 0 saturated carbocycles. The molecule has 1 aromatic heterocycles. The van der Waals surface area contributed by atoms with E-state index in [4.69, 9.17) is 5.73 Å². The van der Waals surface area contributed by atoms with E-state index in [9.17, 15) is 4.79 Å². The van der Waals surface area contributed by atoms with E-state index in [1.807, 2.05) is 54.7 Å². The number of rotatable bonds is 4. The average molecular weight is 496 g/mol. The normalized spacial score (nSPS) is 20.2. The Hall–Kier alpha value is -2.10. The molecule has 2 atom stereocenters. The molecule has 1 amide bonds. The molecule has 1 aliphatic heterocycles. The van der Waals surface area contributed by atoms with E-state index in [1.54, 1.807) is 4.68 Å². The summed E-state index contributed by atoms with van der Waals surface area (Å²) in [5.41, 5.74) is 7.70. The van der Waals surface area contributed by atoms with Gasteiger partial charge in [0.05, 0.1) is 12.2 Å². The fourth-order valence-corrected chi connectivity index (χ4v) is 3.69. The Kier molecular flexibility index (Phi) is 7.08. The molecule has 28 heavy (non-hydrogen) atoms. The first-order chi connectivity index (χ1) is 12.8. The third-order valence-electron chi connectivity index (χ3n) is 4.76. The van der Waals surface area contributed by atoms with Crippen LogP contribution in [-0.4, -0.2) is 38.6 Å². The molecule has 0 spiro atoms. The van der Waals surface area contributed by atoms with Gasteiger partial charge in [-0.15, -0.1) is 24.0 Å². The van der Waals surface area contributed by atoms with E-state index in [0.29, 0.717) is 18.9 Å². The van der Waals surface area contributed by atoms with E-state index in [1.165, 1.54) is 0 Å². The molecule has 1 aliphatic rings. The third kappa shape index (κ3) is 5.03. The van der Waals surface area contributed by atoms with Gasteiger partial charge in [0.2, 0.25) is 5.91 Å². The summed E-state index contributed by atoms with van der Waals surface area (Å²) in [7, 11) is 1.89. The van der Waals surface area contributed by atoms with Crippen molar-refractivity contribution in [1.82, 2.24) is 14.7 Å². The summed E-state index contributed by atoms with van der Waals surface area (Å²) in [6, 6.07) is 9.63. The van der Waals surface area contributed by atoms with Crippen LogP contribution in [-0.2, 0) is 11.8 Å². The number of nitrogens with two attached hydrogens (primary N) is 1. The number of halogens is 1. The van der Waals surface area contributed by atoms with Crippen LogP contribution in [0, 0.1) is 5.92 Å². The first kappa shape index (κ1) is 22.2. The van der Waals surface area contributed by atoms with Crippen LogP contribution in [0.4, 0.5) is 5.69 Å². The van der Waals surface area contributed by atoms with Crippen molar-refractivity contribution in [3.63, 3.8) is 0 Å². The number of amides is 1. The highest BCUT2D eigenvalue weighted by atomic mass is 127. The predicted octanol–water partition coefficient (Wildman–Crippen LogP) is 3.15. The zero-order valence-electron chi connectivity index (χ0n) is 16.8. The van der Waals surface area contributed by atoms with Gasteiger partial charge >= 0.3 is 0 Å². The quantitative estimate of drug-likeness (QED) is 0.387. The second kappa shape index (κ2) is 8.93. The van der Waals surface area contributed by atoms with Crippen molar-refractivity contribution in [3.05, 3.63) is 48.3 Å². The maximum absolute atomic E-state index is 12.8. The lowest BCUT2D eigenvalue weighted by Gasteiger charge is -2.38. The van der Waals surface area contributed by atoms with Crippen molar-refractivity contribution in [1.29, 1.82) is 0 Å².